The molecule has 0 radical (unpaired) electrons. The fraction of sp³-hybridized carbons (Fsp3) is 0.412. The highest BCUT2D eigenvalue weighted by Crippen LogP contribution is 2.29. The number of fused-ring (bicyclic) bond motifs is 1. The van der Waals surface area contributed by atoms with E-state index in [0.29, 0.717) is 18.1 Å². The second-order valence-corrected chi connectivity index (χ2v) is 10.1. The van der Waals surface area contributed by atoms with Crippen LogP contribution >= 0.6 is 22.9 Å². The van der Waals surface area contributed by atoms with Crippen LogP contribution in [0.4, 0.5) is 5.13 Å². The van der Waals surface area contributed by atoms with Gasteiger partial charge in [-0.25, -0.2) is 22.2 Å². The van der Waals surface area contributed by atoms with Gasteiger partial charge in [-0.1, -0.05) is 35.1 Å². The molecule has 2 aromatic heterocycles. The lowest BCUT2D eigenvalue weighted by Crippen LogP contribution is -2.45. The van der Waals surface area contributed by atoms with Crippen molar-refractivity contribution in [2.75, 3.05) is 31.3 Å². The average Bonchev–Trinajstić information content (AvgIpc) is 3.20. The Morgan fingerprint density at radius 1 is 1.22 bits per heavy atom. The van der Waals surface area contributed by atoms with E-state index >= 15 is 0 Å². The molecular formula is C17H20ClN5O2S2. The molecule has 1 saturated heterocycles. The summed E-state index contributed by atoms with van der Waals surface area (Å²) in [6, 6.07) is 7.85. The van der Waals surface area contributed by atoms with E-state index in [4.69, 9.17) is 11.6 Å². The molecule has 0 aliphatic carbocycles. The lowest BCUT2D eigenvalue weighted by atomic mass is 10.1. The summed E-state index contributed by atoms with van der Waals surface area (Å²) in [5.74, 6) is 0. The van der Waals surface area contributed by atoms with Crippen molar-refractivity contribution in [2.24, 2.45) is 0 Å². The Morgan fingerprint density at radius 2 is 1.89 bits per heavy atom. The van der Waals surface area contributed by atoms with E-state index < -0.39 is 10.0 Å². The van der Waals surface area contributed by atoms with Crippen LogP contribution in [0.15, 0.2) is 30.5 Å². The monoisotopic (exact) mass is 425 g/mol. The van der Waals surface area contributed by atoms with Gasteiger partial charge < -0.3 is 4.90 Å². The minimum absolute atomic E-state index is 0.273. The third-order valence-corrected chi connectivity index (χ3v) is 7.48. The van der Waals surface area contributed by atoms with Crippen molar-refractivity contribution in [1.29, 1.82) is 0 Å². The first kappa shape index (κ1) is 18.7. The van der Waals surface area contributed by atoms with Gasteiger partial charge in [0.2, 0.25) is 20.1 Å². The number of sulfonamides is 1. The van der Waals surface area contributed by atoms with E-state index in [1.807, 2.05) is 37.5 Å². The van der Waals surface area contributed by atoms with Crippen molar-refractivity contribution in [3.8, 4) is 11.3 Å². The zero-order valence-corrected chi connectivity index (χ0v) is 17.4. The van der Waals surface area contributed by atoms with E-state index in [1.54, 1.807) is 8.82 Å². The van der Waals surface area contributed by atoms with Gasteiger partial charge >= 0.3 is 0 Å². The molecule has 1 aromatic carbocycles. The van der Waals surface area contributed by atoms with Gasteiger partial charge in [-0.3, -0.25) is 0 Å². The number of halogens is 1. The quantitative estimate of drug-likeness (QED) is 0.642. The van der Waals surface area contributed by atoms with Crippen molar-refractivity contribution >= 4 is 43.1 Å². The predicted molar refractivity (Wildman–Crippen MR) is 109 cm³/mol. The topological polar surface area (TPSA) is 70.8 Å². The number of hydrogen-bond donors (Lipinski definition) is 0. The number of nitrogens with zero attached hydrogens (tertiary/aromatic N) is 5. The molecule has 3 aromatic rings. The Hall–Kier alpha value is -1.68. The Balaban J connectivity index is 1.49. The van der Waals surface area contributed by atoms with Crippen molar-refractivity contribution < 1.29 is 8.42 Å². The van der Waals surface area contributed by atoms with Crippen LogP contribution < -0.4 is 4.90 Å². The molecular weight excluding hydrogens is 406 g/mol. The van der Waals surface area contributed by atoms with E-state index in [9.17, 15) is 8.42 Å². The Kier molecular flexibility index (Phi) is 4.87. The molecule has 10 heteroatoms. The summed E-state index contributed by atoms with van der Waals surface area (Å²) in [5.41, 5.74) is 1.86. The van der Waals surface area contributed by atoms with Crippen LogP contribution in [0.1, 0.15) is 12.8 Å². The van der Waals surface area contributed by atoms with Gasteiger partial charge in [0.1, 0.15) is 0 Å². The smallest absolute Gasteiger partial charge is 0.214 e. The molecule has 0 bridgehead atoms. The maximum Gasteiger partial charge on any atom is 0.214 e. The van der Waals surface area contributed by atoms with Crippen LogP contribution in [0, 0.1) is 0 Å². The number of aromatic nitrogens is 3. The summed E-state index contributed by atoms with van der Waals surface area (Å²) < 4.78 is 26.7. The highest BCUT2D eigenvalue weighted by atomic mass is 35.5. The highest BCUT2D eigenvalue weighted by Gasteiger charge is 2.28. The summed E-state index contributed by atoms with van der Waals surface area (Å²) in [6.07, 6.45) is 4.77. The number of imidazole rings is 1. The van der Waals surface area contributed by atoms with Gasteiger partial charge in [0.15, 0.2) is 0 Å². The molecule has 0 atom stereocenters. The van der Waals surface area contributed by atoms with Crippen molar-refractivity contribution in [3.05, 3.63) is 35.5 Å². The summed E-state index contributed by atoms with van der Waals surface area (Å²) in [4.78, 5) is 7.64. The molecule has 4 rings (SSSR count). The Bertz CT molecular complexity index is 1020. The lowest BCUT2D eigenvalue weighted by molar-refractivity contribution is 0.316. The summed E-state index contributed by atoms with van der Waals surface area (Å²) in [7, 11) is -1.09. The molecule has 1 aliphatic rings. The molecule has 27 heavy (non-hydrogen) atoms. The first-order valence-electron chi connectivity index (χ1n) is 8.61. The molecule has 7 nitrogen and oxygen atoms in total. The number of hydrogen-bond acceptors (Lipinski definition) is 6. The molecule has 1 fully saturated rings. The first-order valence-corrected chi connectivity index (χ1v) is 11.7. The molecule has 0 amide bonds. The van der Waals surface area contributed by atoms with Crippen LogP contribution in [0.25, 0.3) is 16.2 Å². The second kappa shape index (κ2) is 7.05. The fourth-order valence-electron chi connectivity index (χ4n) is 3.31. The van der Waals surface area contributed by atoms with Crippen molar-refractivity contribution in [3.63, 3.8) is 0 Å². The lowest BCUT2D eigenvalue weighted by Gasteiger charge is -2.35. The van der Waals surface area contributed by atoms with Gasteiger partial charge in [0.05, 0.1) is 18.1 Å². The van der Waals surface area contributed by atoms with E-state index in [1.165, 1.54) is 17.6 Å². The number of rotatable bonds is 4. The van der Waals surface area contributed by atoms with E-state index in [0.717, 1.165) is 34.2 Å². The molecule has 3 heterocycles. The number of benzene rings is 1. The summed E-state index contributed by atoms with van der Waals surface area (Å²) in [5, 5.41) is 6.24. The van der Waals surface area contributed by atoms with Crippen LogP contribution in [-0.4, -0.2) is 59.8 Å². The summed E-state index contributed by atoms with van der Waals surface area (Å²) in [6.45, 7) is 1.11. The van der Waals surface area contributed by atoms with Gasteiger partial charge in [0, 0.05) is 36.8 Å². The average molecular weight is 426 g/mol. The molecule has 0 N–H and O–H groups in total. The van der Waals surface area contributed by atoms with Crippen LogP contribution in [-0.2, 0) is 10.0 Å². The predicted octanol–water partition coefficient (Wildman–Crippen LogP) is 2.97. The third-order valence-electron chi connectivity index (χ3n) is 4.91. The largest absolute Gasteiger partial charge is 0.347 e. The Labute approximate surface area is 167 Å². The maximum atomic E-state index is 11.7. The molecule has 144 valence electrons. The van der Waals surface area contributed by atoms with Crippen molar-refractivity contribution in [2.45, 2.75) is 18.9 Å². The Morgan fingerprint density at radius 3 is 2.48 bits per heavy atom. The molecule has 0 saturated carbocycles. The zero-order valence-electron chi connectivity index (χ0n) is 15.0. The van der Waals surface area contributed by atoms with Gasteiger partial charge in [-0.2, -0.15) is 0 Å². The number of piperidine rings is 1. The minimum atomic E-state index is -3.11. The standard InChI is InChI=1S/C17H20ClN5O2S2/c1-21(14-7-9-22(10-8-14)27(2,24)25)17-20-23-11-15(19-16(23)26-17)12-3-5-13(18)6-4-12/h3-6,11,14H,7-10H2,1-2H3. The van der Waals surface area contributed by atoms with E-state index in [-0.39, 0.29) is 6.04 Å². The van der Waals surface area contributed by atoms with E-state index in [2.05, 4.69) is 15.0 Å². The fourth-order valence-corrected chi connectivity index (χ4v) is 5.23. The SMILES string of the molecule is CN(c1nn2cc(-c3ccc(Cl)cc3)nc2s1)C1CCN(S(C)(=O)=O)CC1. The molecule has 0 unspecified atom stereocenters. The highest BCUT2D eigenvalue weighted by molar-refractivity contribution is 7.88. The van der Waals surface area contributed by atoms with Crippen molar-refractivity contribution in [1.82, 2.24) is 18.9 Å². The van der Waals surface area contributed by atoms with Gasteiger partial charge in [-0.05, 0) is 25.0 Å². The first-order chi connectivity index (χ1) is 12.8. The zero-order chi connectivity index (χ0) is 19.2. The molecule has 1 aliphatic heterocycles. The van der Waals surface area contributed by atoms with Crippen LogP contribution in [0.2, 0.25) is 5.02 Å². The molecule has 0 spiro atoms. The second-order valence-electron chi connectivity index (χ2n) is 6.75. The van der Waals surface area contributed by atoms with Crippen LogP contribution in [0.5, 0.6) is 0 Å². The minimum Gasteiger partial charge on any atom is -0.347 e. The summed E-state index contributed by atoms with van der Waals surface area (Å²) >= 11 is 7.48. The van der Waals surface area contributed by atoms with Crippen LogP contribution in [0.3, 0.4) is 0 Å². The third kappa shape index (κ3) is 3.82. The normalized spacial score (nSPS) is 16.9. The number of anilines is 1. The maximum absolute atomic E-state index is 11.7. The van der Waals surface area contributed by atoms with Gasteiger partial charge in [-0.15, -0.1) is 5.10 Å². The van der Waals surface area contributed by atoms with Gasteiger partial charge in [0.25, 0.3) is 0 Å².